The van der Waals surface area contributed by atoms with Gasteiger partial charge in [-0.05, 0) is 23.1 Å². The van der Waals surface area contributed by atoms with Crippen LogP contribution in [0.3, 0.4) is 0 Å². The topological polar surface area (TPSA) is 63.1 Å². The number of aryl methyl sites for hydroxylation is 1. The smallest absolute Gasteiger partial charge is 0.224 e. The molecule has 0 radical (unpaired) electrons. The fraction of sp³-hybridized carbons (Fsp3) is 0.250. The maximum Gasteiger partial charge on any atom is 0.224 e. The first-order valence-corrected chi connectivity index (χ1v) is 9.82. The second-order valence-electron chi connectivity index (χ2n) is 6.96. The highest BCUT2D eigenvalue weighted by Crippen LogP contribution is 2.30. The third-order valence-corrected chi connectivity index (χ3v) is 6.00. The molecule has 1 saturated heterocycles. The monoisotopic (exact) mass is 377 g/mol. The molecular formula is C20H19N5OS. The standard InChI is InChI=1S/C20H19N5OS/c1-24-9-13(15-4-2-3-5-17(15)24)8-18(26)23-14-10-25(11-14)20-19-16(6-7-27-19)21-12-22-20/h2-7,9,12,14H,8,10-11H2,1H3,(H,23,26). The molecule has 0 spiro atoms. The van der Waals surface area contributed by atoms with Gasteiger partial charge in [-0.25, -0.2) is 9.97 Å². The number of amides is 1. The Labute approximate surface area is 160 Å². The van der Waals surface area contributed by atoms with Crippen molar-refractivity contribution >= 4 is 44.2 Å². The third kappa shape index (κ3) is 2.84. The van der Waals surface area contributed by atoms with Crippen LogP contribution in [-0.2, 0) is 18.3 Å². The van der Waals surface area contributed by atoms with Crippen LogP contribution in [0.1, 0.15) is 5.56 Å². The first-order chi connectivity index (χ1) is 13.2. The molecule has 7 heteroatoms. The Morgan fingerprint density at radius 3 is 3.00 bits per heavy atom. The van der Waals surface area contributed by atoms with Crippen LogP contribution in [0.4, 0.5) is 5.82 Å². The normalized spacial score (nSPS) is 14.6. The van der Waals surface area contributed by atoms with Crippen LogP contribution >= 0.6 is 11.3 Å². The molecule has 4 heterocycles. The van der Waals surface area contributed by atoms with Gasteiger partial charge in [0.05, 0.1) is 22.7 Å². The molecule has 0 bridgehead atoms. The summed E-state index contributed by atoms with van der Waals surface area (Å²) < 4.78 is 3.18. The van der Waals surface area contributed by atoms with Gasteiger partial charge in [-0.15, -0.1) is 11.3 Å². The van der Waals surface area contributed by atoms with Gasteiger partial charge < -0.3 is 14.8 Å². The van der Waals surface area contributed by atoms with Crippen LogP contribution < -0.4 is 10.2 Å². The van der Waals surface area contributed by atoms with E-state index in [0.29, 0.717) is 6.42 Å². The number of carbonyl (C=O) groups excluding carboxylic acids is 1. The van der Waals surface area contributed by atoms with E-state index in [9.17, 15) is 4.79 Å². The minimum atomic E-state index is 0.0694. The highest BCUT2D eigenvalue weighted by Gasteiger charge is 2.30. The molecule has 3 aromatic heterocycles. The molecule has 1 N–H and O–H groups in total. The van der Waals surface area contributed by atoms with Crippen molar-refractivity contribution in [1.29, 1.82) is 0 Å². The van der Waals surface area contributed by atoms with Crippen molar-refractivity contribution in [3.8, 4) is 0 Å². The van der Waals surface area contributed by atoms with E-state index in [1.54, 1.807) is 17.7 Å². The van der Waals surface area contributed by atoms with Gasteiger partial charge in [0.1, 0.15) is 12.1 Å². The van der Waals surface area contributed by atoms with Gasteiger partial charge in [-0.2, -0.15) is 0 Å². The van der Waals surface area contributed by atoms with Crippen molar-refractivity contribution in [3.05, 3.63) is 53.8 Å². The van der Waals surface area contributed by atoms with Crippen LogP contribution in [0, 0.1) is 0 Å². The number of benzene rings is 1. The van der Waals surface area contributed by atoms with Gasteiger partial charge in [0.2, 0.25) is 5.91 Å². The van der Waals surface area contributed by atoms with Crippen LogP contribution in [0.2, 0.25) is 0 Å². The molecule has 0 saturated carbocycles. The van der Waals surface area contributed by atoms with Crippen LogP contribution in [-0.4, -0.2) is 39.6 Å². The molecule has 27 heavy (non-hydrogen) atoms. The number of aromatic nitrogens is 3. The number of nitrogens with one attached hydrogen (secondary N) is 1. The average molecular weight is 377 g/mol. The Balaban J connectivity index is 1.23. The first-order valence-electron chi connectivity index (χ1n) is 8.94. The maximum atomic E-state index is 12.5. The number of nitrogens with zero attached hydrogens (tertiary/aromatic N) is 4. The van der Waals surface area contributed by atoms with Crippen LogP contribution in [0.5, 0.6) is 0 Å². The molecule has 136 valence electrons. The summed E-state index contributed by atoms with van der Waals surface area (Å²) in [5, 5.41) is 6.33. The minimum Gasteiger partial charge on any atom is -0.351 e. The zero-order valence-electron chi connectivity index (χ0n) is 14.9. The lowest BCUT2D eigenvalue weighted by Crippen LogP contribution is -2.60. The molecule has 5 rings (SSSR count). The molecule has 0 aliphatic carbocycles. The summed E-state index contributed by atoms with van der Waals surface area (Å²) in [6, 6.07) is 10.4. The highest BCUT2D eigenvalue weighted by atomic mass is 32.1. The van der Waals surface area contributed by atoms with E-state index < -0.39 is 0 Å². The number of hydrogen-bond acceptors (Lipinski definition) is 5. The molecule has 1 amide bonds. The quantitative estimate of drug-likeness (QED) is 0.594. The Hall–Kier alpha value is -2.93. The number of thiophene rings is 1. The summed E-state index contributed by atoms with van der Waals surface area (Å²) in [5.41, 5.74) is 3.20. The van der Waals surface area contributed by atoms with Crippen molar-refractivity contribution in [3.63, 3.8) is 0 Å². The highest BCUT2D eigenvalue weighted by molar-refractivity contribution is 7.17. The lowest BCUT2D eigenvalue weighted by atomic mass is 10.1. The Morgan fingerprint density at radius 1 is 1.26 bits per heavy atom. The van der Waals surface area contributed by atoms with Gasteiger partial charge in [0.25, 0.3) is 0 Å². The maximum absolute atomic E-state index is 12.5. The van der Waals surface area contributed by atoms with E-state index >= 15 is 0 Å². The number of hydrogen-bond donors (Lipinski definition) is 1. The van der Waals surface area contributed by atoms with Gasteiger partial charge in [0, 0.05) is 37.2 Å². The van der Waals surface area contributed by atoms with Crippen molar-refractivity contribution in [2.24, 2.45) is 7.05 Å². The second-order valence-corrected chi connectivity index (χ2v) is 7.88. The largest absolute Gasteiger partial charge is 0.351 e. The average Bonchev–Trinajstić information content (AvgIpc) is 3.23. The number of carbonyl (C=O) groups is 1. The van der Waals surface area contributed by atoms with E-state index in [1.807, 2.05) is 36.8 Å². The van der Waals surface area contributed by atoms with Crippen molar-refractivity contribution < 1.29 is 4.79 Å². The third-order valence-electron chi connectivity index (χ3n) is 5.10. The molecule has 4 aromatic rings. The van der Waals surface area contributed by atoms with E-state index in [2.05, 4.69) is 36.9 Å². The Kier molecular flexibility index (Phi) is 3.82. The van der Waals surface area contributed by atoms with Gasteiger partial charge in [-0.3, -0.25) is 4.79 Å². The fourth-order valence-electron chi connectivity index (χ4n) is 3.76. The molecule has 1 aromatic carbocycles. The summed E-state index contributed by atoms with van der Waals surface area (Å²) in [5.74, 6) is 1.04. The second kappa shape index (κ2) is 6.35. The SMILES string of the molecule is Cn1cc(CC(=O)NC2CN(c3ncnc4ccsc34)C2)c2ccccc21. The van der Waals surface area contributed by atoms with Crippen LogP contribution in [0.15, 0.2) is 48.2 Å². The molecular weight excluding hydrogens is 358 g/mol. The predicted octanol–water partition coefficient (Wildman–Crippen LogP) is 2.73. The molecule has 6 nitrogen and oxygen atoms in total. The zero-order chi connectivity index (χ0) is 18.4. The van der Waals surface area contributed by atoms with Gasteiger partial charge in [0.15, 0.2) is 0 Å². The lowest BCUT2D eigenvalue weighted by Gasteiger charge is -2.40. The van der Waals surface area contributed by atoms with E-state index in [4.69, 9.17) is 0 Å². The molecule has 0 atom stereocenters. The number of fused-ring (bicyclic) bond motifs is 2. The zero-order valence-corrected chi connectivity index (χ0v) is 15.7. The van der Waals surface area contributed by atoms with Gasteiger partial charge >= 0.3 is 0 Å². The molecule has 0 unspecified atom stereocenters. The number of para-hydroxylation sites is 1. The summed E-state index contributed by atoms with van der Waals surface area (Å²) >= 11 is 1.66. The van der Waals surface area contributed by atoms with Crippen LogP contribution in [0.25, 0.3) is 21.1 Å². The molecule has 1 aliphatic heterocycles. The van der Waals surface area contributed by atoms with Gasteiger partial charge in [-0.1, -0.05) is 18.2 Å². The summed E-state index contributed by atoms with van der Waals surface area (Å²) in [6.07, 6.45) is 4.06. The Bertz CT molecular complexity index is 1140. The minimum absolute atomic E-state index is 0.0694. The van der Waals surface area contributed by atoms with E-state index in [-0.39, 0.29) is 11.9 Å². The van der Waals surface area contributed by atoms with Crippen molar-refractivity contribution in [1.82, 2.24) is 19.9 Å². The lowest BCUT2D eigenvalue weighted by molar-refractivity contribution is -0.121. The Morgan fingerprint density at radius 2 is 2.11 bits per heavy atom. The van der Waals surface area contributed by atoms with E-state index in [0.717, 1.165) is 45.6 Å². The number of anilines is 1. The summed E-state index contributed by atoms with van der Waals surface area (Å²) in [6.45, 7) is 1.57. The van der Waals surface area contributed by atoms with Crippen molar-refractivity contribution in [2.75, 3.05) is 18.0 Å². The predicted molar refractivity (Wildman–Crippen MR) is 108 cm³/mol. The summed E-state index contributed by atoms with van der Waals surface area (Å²) in [4.78, 5) is 23.4. The summed E-state index contributed by atoms with van der Waals surface area (Å²) in [7, 11) is 2.01. The molecule has 1 aliphatic rings. The fourth-order valence-corrected chi connectivity index (χ4v) is 4.62. The number of rotatable bonds is 4. The first kappa shape index (κ1) is 16.3. The molecule has 1 fully saturated rings. The van der Waals surface area contributed by atoms with E-state index in [1.165, 1.54) is 0 Å². The van der Waals surface area contributed by atoms with Crippen molar-refractivity contribution in [2.45, 2.75) is 12.5 Å².